The van der Waals surface area contributed by atoms with Crippen molar-refractivity contribution in [3.8, 4) is 11.4 Å². The summed E-state index contributed by atoms with van der Waals surface area (Å²) in [5.41, 5.74) is 1.88. The lowest BCUT2D eigenvalue weighted by Crippen LogP contribution is -2.32. The van der Waals surface area contributed by atoms with E-state index in [1.165, 1.54) is 18.2 Å². The van der Waals surface area contributed by atoms with Crippen LogP contribution in [0.15, 0.2) is 47.0 Å². The molecule has 1 atom stereocenters. The van der Waals surface area contributed by atoms with Crippen LogP contribution in [0.1, 0.15) is 42.4 Å². The van der Waals surface area contributed by atoms with Gasteiger partial charge in [0.2, 0.25) is 11.7 Å². The van der Waals surface area contributed by atoms with E-state index >= 15 is 0 Å². The van der Waals surface area contributed by atoms with Gasteiger partial charge >= 0.3 is 0 Å². The number of aliphatic hydroxyl groups excluding tert-OH is 1. The Bertz CT molecular complexity index is 986. The summed E-state index contributed by atoms with van der Waals surface area (Å²) in [5.74, 6) is 0.298. The quantitative estimate of drug-likeness (QED) is 0.561. The van der Waals surface area contributed by atoms with Crippen molar-refractivity contribution in [1.29, 1.82) is 0 Å². The standard InChI is InChI=1S/C23H25F2N3O2/c1-15-4-5-17(13-20(15)25)23-26-22(30-27-23)3-2-12-28(19-10-11-19)14-21(29)16-6-8-18(24)9-7-16/h4-9,13,19,21,29H,2-3,10-12,14H2,1H3. The average Bonchev–Trinajstić information content (AvgIpc) is 3.48. The Morgan fingerprint density at radius 1 is 1.17 bits per heavy atom. The normalized spacial score (nSPS) is 15.0. The maximum atomic E-state index is 13.8. The van der Waals surface area contributed by atoms with Gasteiger partial charge in [0.15, 0.2) is 0 Å². The van der Waals surface area contributed by atoms with Crippen LogP contribution in [0.4, 0.5) is 8.78 Å². The summed E-state index contributed by atoms with van der Waals surface area (Å²) in [6.07, 6.45) is 3.01. The average molecular weight is 413 g/mol. The predicted molar refractivity (Wildman–Crippen MR) is 109 cm³/mol. The lowest BCUT2D eigenvalue weighted by molar-refractivity contribution is 0.107. The molecule has 1 N–H and O–H groups in total. The molecular formula is C23H25F2N3O2. The van der Waals surface area contributed by atoms with Gasteiger partial charge in [0.25, 0.3) is 0 Å². The highest BCUT2D eigenvalue weighted by atomic mass is 19.1. The van der Waals surface area contributed by atoms with Crippen LogP contribution >= 0.6 is 0 Å². The molecule has 30 heavy (non-hydrogen) atoms. The largest absolute Gasteiger partial charge is 0.387 e. The van der Waals surface area contributed by atoms with Gasteiger partial charge in [0.05, 0.1) is 6.10 Å². The first-order chi connectivity index (χ1) is 14.5. The summed E-state index contributed by atoms with van der Waals surface area (Å²) >= 11 is 0. The van der Waals surface area contributed by atoms with Crippen LogP contribution < -0.4 is 0 Å². The van der Waals surface area contributed by atoms with E-state index in [2.05, 4.69) is 15.0 Å². The van der Waals surface area contributed by atoms with Crippen molar-refractivity contribution < 1.29 is 18.4 Å². The van der Waals surface area contributed by atoms with E-state index in [-0.39, 0.29) is 11.6 Å². The Hall–Kier alpha value is -2.64. The fourth-order valence-corrected chi connectivity index (χ4v) is 3.51. The van der Waals surface area contributed by atoms with Gasteiger partial charge in [-0.15, -0.1) is 0 Å². The SMILES string of the molecule is Cc1ccc(-c2noc(CCCN(CC(O)c3ccc(F)cc3)C3CC3)n2)cc1F. The Morgan fingerprint density at radius 3 is 2.63 bits per heavy atom. The molecule has 0 bridgehead atoms. The van der Waals surface area contributed by atoms with Crippen LogP contribution in [0, 0.1) is 18.6 Å². The zero-order valence-electron chi connectivity index (χ0n) is 16.9. The molecule has 0 aliphatic heterocycles. The van der Waals surface area contributed by atoms with E-state index in [1.807, 2.05) is 0 Å². The van der Waals surface area contributed by atoms with Crippen molar-refractivity contribution >= 4 is 0 Å². The highest BCUT2D eigenvalue weighted by molar-refractivity contribution is 5.54. The van der Waals surface area contributed by atoms with Gasteiger partial charge in [-0.2, -0.15) is 4.98 Å². The second-order valence-electron chi connectivity index (χ2n) is 7.87. The molecule has 1 heterocycles. The molecule has 1 aliphatic rings. The first-order valence-corrected chi connectivity index (χ1v) is 10.3. The number of benzene rings is 2. The minimum atomic E-state index is -0.655. The van der Waals surface area contributed by atoms with Crippen LogP contribution in [0.5, 0.6) is 0 Å². The molecule has 0 spiro atoms. The molecule has 0 radical (unpaired) electrons. The van der Waals surface area contributed by atoms with E-state index in [0.717, 1.165) is 25.8 Å². The van der Waals surface area contributed by atoms with Crippen LogP contribution in [0.2, 0.25) is 0 Å². The number of rotatable bonds is 9. The zero-order valence-corrected chi connectivity index (χ0v) is 16.9. The molecule has 1 saturated carbocycles. The number of aryl methyl sites for hydroxylation is 2. The zero-order chi connectivity index (χ0) is 21.1. The molecule has 4 rings (SSSR count). The molecule has 158 valence electrons. The van der Waals surface area contributed by atoms with Crippen LogP contribution in [-0.2, 0) is 6.42 Å². The van der Waals surface area contributed by atoms with Gasteiger partial charge in [-0.1, -0.05) is 29.4 Å². The summed E-state index contributed by atoms with van der Waals surface area (Å²) in [7, 11) is 0. The second kappa shape index (κ2) is 9.02. The number of hydrogen-bond acceptors (Lipinski definition) is 5. The maximum Gasteiger partial charge on any atom is 0.227 e. The van der Waals surface area contributed by atoms with Gasteiger partial charge in [0, 0.05) is 24.6 Å². The van der Waals surface area contributed by atoms with Crippen LogP contribution in [0.25, 0.3) is 11.4 Å². The fourth-order valence-electron chi connectivity index (χ4n) is 3.51. The lowest BCUT2D eigenvalue weighted by Gasteiger charge is -2.25. The summed E-state index contributed by atoms with van der Waals surface area (Å²) < 4.78 is 32.2. The molecule has 1 aliphatic carbocycles. The molecule has 7 heteroatoms. The van der Waals surface area contributed by atoms with Crippen molar-refractivity contribution in [3.63, 3.8) is 0 Å². The van der Waals surface area contributed by atoms with Gasteiger partial charge in [-0.05, 0) is 62.1 Å². The van der Waals surface area contributed by atoms with E-state index in [4.69, 9.17) is 4.52 Å². The molecule has 0 saturated heterocycles. The van der Waals surface area contributed by atoms with Gasteiger partial charge in [-0.25, -0.2) is 8.78 Å². The highest BCUT2D eigenvalue weighted by Gasteiger charge is 2.30. The third kappa shape index (κ3) is 5.09. The number of aromatic nitrogens is 2. The van der Waals surface area contributed by atoms with Gasteiger partial charge in [0.1, 0.15) is 11.6 Å². The van der Waals surface area contributed by atoms with E-state index in [1.54, 1.807) is 31.2 Å². The molecule has 5 nitrogen and oxygen atoms in total. The predicted octanol–water partition coefficient (Wildman–Crippen LogP) is 4.45. The number of halogens is 2. The van der Waals surface area contributed by atoms with Crippen LogP contribution in [-0.4, -0.2) is 39.3 Å². The Labute approximate surface area is 174 Å². The minimum absolute atomic E-state index is 0.293. The Balaban J connectivity index is 1.31. The van der Waals surface area contributed by atoms with Crippen molar-refractivity contribution in [2.75, 3.05) is 13.1 Å². The highest BCUT2D eigenvalue weighted by Crippen LogP contribution is 2.29. The molecule has 1 fully saturated rings. The molecule has 1 aromatic heterocycles. The molecular weight excluding hydrogens is 388 g/mol. The number of nitrogens with zero attached hydrogens (tertiary/aromatic N) is 3. The molecule has 2 aromatic carbocycles. The fraction of sp³-hybridized carbons (Fsp3) is 0.391. The summed E-state index contributed by atoms with van der Waals surface area (Å²) in [6, 6.07) is 11.3. The second-order valence-corrected chi connectivity index (χ2v) is 7.87. The van der Waals surface area contributed by atoms with Crippen molar-refractivity contribution in [2.24, 2.45) is 0 Å². The summed E-state index contributed by atoms with van der Waals surface area (Å²) in [5, 5.41) is 14.5. The smallest absolute Gasteiger partial charge is 0.227 e. The summed E-state index contributed by atoms with van der Waals surface area (Å²) in [6.45, 7) is 3.01. The third-order valence-electron chi connectivity index (χ3n) is 5.46. The van der Waals surface area contributed by atoms with E-state index in [0.29, 0.717) is 47.4 Å². The molecule has 0 amide bonds. The van der Waals surface area contributed by atoms with Gasteiger partial charge < -0.3 is 9.63 Å². The minimum Gasteiger partial charge on any atom is -0.387 e. The summed E-state index contributed by atoms with van der Waals surface area (Å²) in [4.78, 5) is 6.64. The Morgan fingerprint density at radius 2 is 1.93 bits per heavy atom. The maximum absolute atomic E-state index is 13.8. The molecule has 1 unspecified atom stereocenters. The van der Waals surface area contributed by atoms with Gasteiger partial charge in [-0.3, -0.25) is 4.90 Å². The first kappa shape index (κ1) is 20.6. The monoisotopic (exact) mass is 413 g/mol. The van der Waals surface area contributed by atoms with Crippen molar-refractivity contribution in [2.45, 2.75) is 44.8 Å². The van der Waals surface area contributed by atoms with Crippen molar-refractivity contribution in [1.82, 2.24) is 15.0 Å². The van der Waals surface area contributed by atoms with Crippen molar-refractivity contribution in [3.05, 3.63) is 71.1 Å². The first-order valence-electron chi connectivity index (χ1n) is 10.3. The third-order valence-corrected chi connectivity index (χ3v) is 5.46. The van der Waals surface area contributed by atoms with E-state index < -0.39 is 6.10 Å². The molecule has 3 aromatic rings. The number of hydrogen-bond donors (Lipinski definition) is 1. The Kier molecular flexibility index (Phi) is 6.20. The van der Waals surface area contributed by atoms with E-state index in [9.17, 15) is 13.9 Å². The lowest BCUT2D eigenvalue weighted by atomic mass is 10.1. The topological polar surface area (TPSA) is 62.4 Å². The van der Waals surface area contributed by atoms with Crippen LogP contribution in [0.3, 0.4) is 0 Å². The number of aliphatic hydroxyl groups is 1.